The van der Waals surface area contributed by atoms with Crippen LogP contribution in [0.5, 0.6) is 11.5 Å². The number of pyridine rings is 3. The van der Waals surface area contributed by atoms with Crippen LogP contribution in [-0.4, -0.2) is 15.0 Å². The van der Waals surface area contributed by atoms with Crippen LogP contribution in [-0.2, 0) is 12.6 Å². The Morgan fingerprint density at radius 1 is 0.935 bits per heavy atom. The lowest BCUT2D eigenvalue weighted by molar-refractivity contribution is -0.137. The highest BCUT2D eigenvalue weighted by molar-refractivity contribution is 5.86. The van der Waals surface area contributed by atoms with Gasteiger partial charge in [0.25, 0.3) is 0 Å². The molecule has 4 aromatic rings. The Bertz CT molecular complexity index is 1250. The number of halogens is 3. The van der Waals surface area contributed by atoms with Gasteiger partial charge in [-0.25, -0.2) is 4.98 Å². The maximum Gasteiger partial charge on any atom is 0.416 e. The second-order valence-electron chi connectivity index (χ2n) is 7.29. The van der Waals surface area contributed by atoms with Crippen molar-refractivity contribution >= 4 is 10.9 Å². The van der Waals surface area contributed by atoms with E-state index < -0.39 is 11.7 Å². The summed E-state index contributed by atoms with van der Waals surface area (Å²) in [5.74, 6) is 0.894. The van der Waals surface area contributed by atoms with Crippen molar-refractivity contribution in [3.05, 3.63) is 77.2 Å². The summed E-state index contributed by atoms with van der Waals surface area (Å²) in [5, 5.41) is 0.483. The minimum atomic E-state index is -4.44. The number of fused-ring (bicyclic) bond motifs is 1. The molecule has 0 atom stereocenters. The van der Waals surface area contributed by atoms with Crippen LogP contribution in [0, 0.1) is 13.8 Å². The van der Waals surface area contributed by atoms with Crippen molar-refractivity contribution in [3.63, 3.8) is 0 Å². The molecule has 0 aliphatic rings. The van der Waals surface area contributed by atoms with E-state index in [1.165, 1.54) is 12.3 Å². The van der Waals surface area contributed by atoms with E-state index >= 15 is 0 Å². The number of hydrogen-bond donors (Lipinski definition) is 0. The molecule has 0 N–H and O–H groups in total. The normalized spacial score (nSPS) is 11.7. The largest absolute Gasteiger partial charge is 0.454 e. The molecule has 3 heterocycles. The molecule has 3 aromatic heterocycles. The second kappa shape index (κ2) is 7.98. The molecule has 0 aliphatic heterocycles. The van der Waals surface area contributed by atoms with E-state index in [9.17, 15) is 13.2 Å². The van der Waals surface area contributed by atoms with Gasteiger partial charge in [-0.3, -0.25) is 9.97 Å². The van der Waals surface area contributed by atoms with E-state index in [1.807, 2.05) is 39.0 Å². The highest BCUT2D eigenvalue weighted by atomic mass is 19.4. The van der Waals surface area contributed by atoms with Crippen molar-refractivity contribution in [2.45, 2.75) is 33.4 Å². The first kappa shape index (κ1) is 20.8. The number of rotatable bonds is 4. The minimum absolute atomic E-state index is 0.207. The van der Waals surface area contributed by atoms with Gasteiger partial charge in [0.2, 0.25) is 0 Å². The summed E-state index contributed by atoms with van der Waals surface area (Å²) in [5.41, 5.74) is 3.60. The van der Waals surface area contributed by atoms with Crippen molar-refractivity contribution in [2.24, 2.45) is 0 Å². The number of aromatic nitrogens is 3. The number of aryl methyl sites for hydroxylation is 3. The maximum atomic E-state index is 13.1. The number of alkyl halides is 3. The fourth-order valence-electron chi connectivity index (χ4n) is 3.36. The summed E-state index contributed by atoms with van der Waals surface area (Å²) in [4.78, 5) is 13.3. The molecule has 158 valence electrons. The third-order valence-electron chi connectivity index (χ3n) is 5.07. The molecule has 0 spiro atoms. The second-order valence-corrected chi connectivity index (χ2v) is 7.29. The van der Waals surface area contributed by atoms with Gasteiger partial charge in [0, 0.05) is 23.5 Å². The third kappa shape index (κ3) is 4.21. The van der Waals surface area contributed by atoms with Crippen molar-refractivity contribution < 1.29 is 17.9 Å². The molecule has 0 radical (unpaired) electrons. The van der Waals surface area contributed by atoms with Gasteiger partial charge in [-0.15, -0.1) is 0 Å². The Morgan fingerprint density at radius 3 is 2.42 bits per heavy atom. The molecule has 4 nitrogen and oxygen atoms in total. The zero-order valence-electron chi connectivity index (χ0n) is 17.3. The Hall–Kier alpha value is -3.48. The van der Waals surface area contributed by atoms with Crippen LogP contribution in [0.3, 0.4) is 0 Å². The van der Waals surface area contributed by atoms with Gasteiger partial charge >= 0.3 is 6.18 Å². The molecular weight excluding hydrogens is 403 g/mol. The van der Waals surface area contributed by atoms with Crippen LogP contribution < -0.4 is 4.74 Å². The highest BCUT2D eigenvalue weighted by Crippen LogP contribution is 2.37. The topological polar surface area (TPSA) is 47.9 Å². The maximum absolute atomic E-state index is 13.1. The number of benzene rings is 1. The monoisotopic (exact) mass is 423 g/mol. The molecule has 0 bridgehead atoms. The van der Waals surface area contributed by atoms with Crippen molar-refractivity contribution in [2.75, 3.05) is 0 Å². The van der Waals surface area contributed by atoms with Gasteiger partial charge < -0.3 is 4.74 Å². The standard InChI is InChI=1S/C24H20F3N3O/c1-4-16-11-22(23(30-15(16)3)19-8-5-14(2)13-29-19)31-21-9-10-28-20-12-17(24(25,26)27)6-7-18(20)21/h5-13H,4H2,1-3H3. The molecule has 0 aliphatic carbocycles. The van der Waals surface area contributed by atoms with Crippen molar-refractivity contribution in [1.29, 1.82) is 0 Å². The molecule has 7 heteroatoms. The summed E-state index contributed by atoms with van der Waals surface area (Å²) in [6.07, 6.45) is -0.481. The van der Waals surface area contributed by atoms with Gasteiger partial charge in [-0.1, -0.05) is 13.0 Å². The average molecular weight is 423 g/mol. The molecule has 1 aromatic carbocycles. The fraction of sp³-hybridized carbons (Fsp3) is 0.208. The van der Waals surface area contributed by atoms with Crippen LogP contribution in [0.2, 0.25) is 0 Å². The third-order valence-corrected chi connectivity index (χ3v) is 5.07. The van der Waals surface area contributed by atoms with Gasteiger partial charge in [0.15, 0.2) is 5.75 Å². The van der Waals surface area contributed by atoms with Gasteiger partial charge in [-0.05, 0) is 67.8 Å². The molecule has 0 unspecified atom stereocenters. The van der Waals surface area contributed by atoms with Crippen LogP contribution in [0.25, 0.3) is 22.3 Å². The van der Waals surface area contributed by atoms with Crippen LogP contribution in [0.1, 0.15) is 29.3 Å². The smallest absolute Gasteiger partial charge is 0.416 e. The van der Waals surface area contributed by atoms with Crippen molar-refractivity contribution in [1.82, 2.24) is 15.0 Å². The van der Waals surface area contributed by atoms with Gasteiger partial charge in [0.1, 0.15) is 11.4 Å². The number of ether oxygens (including phenoxy) is 1. The molecule has 0 saturated heterocycles. The summed E-state index contributed by atoms with van der Waals surface area (Å²) in [7, 11) is 0. The first-order chi connectivity index (χ1) is 14.8. The quantitative estimate of drug-likeness (QED) is 0.367. The van der Waals surface area contributed by atoms with Crippen LogP contribution in [0.4, 0.5) is 13.2 Å². The molecular formula is C24H20F3N3O. The predicted octanol–water partition coefficient (Wildman–Crippen LogP) is 6.68. The van der Waals surface area contributed by atoms with Gasteiger partial charge in [-0.2, -0.15) is 13.2 Å². The molecule has 4 rings (SSSR count). The lowest BCUT2D eigenvalue weighted by Crippen LogP contribution is -2.04. The Balaban J connectivity index is 1.83. The lowest BCUT2D eigenvalue weighted by atomic mass is 10.1. The summed E-state index contributed by atoms with van der Waals surface area (Å²) in [6.45, 7) is 5.91. The van der Waals surface area contributed by atoms with E-state index in [0.29, 0.717) is 28.3 Å². The SMILES string of the molecule is CCc1cc(Oc2ccnc3cc(C(F)(F)F)ccc23)c(-c2ccc(C)cn2)nc1C. The van der Waals surface area contributed by atoms with E-state index in [2.05, 4.69) is 9.97 Å². The lowest BCUT2D eigenvalue weighted by Gasteiger charge is -2.15. The molecule has 31 heavy (non-hydrogen) atoms. The zero-order valence-corrected chi connectivity index (χ0v) is 17.3. The Morgan fingerprint density at radius 2 is 1.74 bits per heavy atom. The van der Waals surface area contributed by atoms with Crippen LogP contribution in [0.15, 0.2) is 54.9 Å². The highest BCUT2D eigenvalue weighted by Gasteiger charge is 2.30. The fourth-order valence-corrected chi connectivity index (χ4v) is 3.36. The minimum Gasteiger partial charge on any atom is -0.454 e. The van der Waals surface area contributed by atoms with Gasteiger partial charge in [0.05, 0.1) is 16.8 Å². The van der Waals surface area contributed by atoms with Crippen LogP contribution >= 0.6 is 0 Å². The predicted molar refractivity (Wildman–Crippen MR) is 113 cm³/mol. The van der Waals surface area contributed by atoms with E-state index in [4.69, 9.17) is 9.72 Å². The number of hydrogen-bond acceptors (Lipinski definition) is 4. The van der Waals surface area contributed by atoms with E-state index in [-0.39, 0.29) is 5.52 Å². The number of nitrogens with zero attached hydrogens (tertiary/aromatic N) is 3. The molecule has 0 saturated carbocycles. The average Bonchev–Trinajstić information content (AvgIpc) is 2.74. The summed E-state index contributed by atoms with van der Waals surface area (Å²) in [6, 6.07) is 10.8. The van der Waals surface area contributed by atoms with Crippen molar-refractivity contribution in [3.8, 4) is 22.9 Å². The van der Waals surface area contributed by atoms with E-state index in [1.54, 1.807) is 12.3 Å². The Kier molecular flexibility index (Phi) is 5.35. The molecule has 0 fully saturated rings. The summed E-state index contributed by atoms with van der Waals surface area (Å²) < 4.78 is 45.4. The Labute approximate surface area is 177 Å². The van der Waals surface area contributed by atoms with E-state index in [0.717, 1.165) is 35.4 Å². The first-order valence-electron chi connectivity index (χ1n) is 9.83. The molecule has 0 amide bonds. The summed E-state index contributed by atoms with van der Waals surface area (Å²) >= 11 is 0. The first-order valence-corrected chi connectivity index (χ1v) is 9.83. The zero-order chi connectivity index (χ0) is 22.2.